The van der Waals surface area contributed by atoms with Gasteiger partial charge in [-0.15, -0.1) is 24.0 Å². The van der Waals surface area contributed by atoms with E-state index in [0.29, 0.717) is 29.4 Å². The van der Waals surface area contributed by atoms with Gasteiger partial charge in [0.1, 0.15) is 5.75 Å². The monoisotopic (exact) mass is 527 g/mol. The van der Waals surface area contributed by atoms with E-state index in [4.69, 9.17) is 26.8 Å². The van der Waals surface area contributed by atoms with Crippen molar-refractivity contribution in [3.63, 3.8) is 0 Å². The number of halogens is 4. The highest BCUT2D eigenvalue weighted by Crippen LogP contribution is 2.30. The zero-order valence-electron chi connectivity index (χ0n) is 15.2. The van der Waals surface area contributed by atoms with Gasteiger partial charge in [0.15, 0.2) is 17.5 Å². The number of guanidine groups is 1. The van der Waals surface area contributed by atoms with Gasteiger partial charge in [-0.05, 0) is 42.3 Å². The van der Waals surface area contributed by atoms with Crippen LogP contribution in [0.25, 0.3) is 0 Å². The summed E-state index contributed by atoms with van der Waals surface area (Å²) in [6, 6.07) is 9.94. The van der Waals surface area contributed by atoms with E-state index >= 15 is 0 Å². The zero-order valence-corrected chi connectivity index (χ0v) is 18.3. The first-order valence-corrected chi connectivity index (χ1v) is 8.33. The Hall–Kier alpha value is -2.01. The van der Waals surface area contributed by atoms with E-state index in [1.807, 2.05) is 0 Å². The number of ether oxygens (including phenoxy) is 3. The second-order valence-corrected chi connectivity index (χ2v) is 5.76. The standard InChI is InChI=1S/C18H20ClF2N3O3.HI/c1-25-14-6-4-12(10-13(14)19)24-18(22)23-8-7-11-3-5-15(26-2)16(9-11)27-17(20)21;/h3-6,9-10,17H,7-8H2,1-2H3,(H3,22,23,24);1H. The third-order valence-corrected chi connectivity index (χ3v) is 3.85. The fourth-order valence-electron chi connectivity index (χ4n) is 2.30. The van der Waals surface area contributed by atoms with Gasteiger partial charge in [0.2, 0.25) is 0 Å². The molecule has 0 bridgehead atoms. The topological polar surface area (TPSA) is 78.1 Å². The number of methoxy groups -OCH3 is 2. The molecule has 154 valence electrons. The first kappa shape index (κ1) is 24.0. The maximum absolute atomic E-state index is 12.5. The first-order valence-electron chi connectivity index (χ1n) is 7.95. The van der Waals surface area contributed by atoms with Crippen LogP contribution in [0.3, 0.4) is 0 Å². The van der Waals surface area contributed by atoms with Crippen molar-refractivity contribution in [2.75, 3.05) is 26.1 Å². The third kappa shape index (κ3) is 7.19. The Bertz CT molecular complexity index is 810. The molecule has 2 rings (SSSR count). The number of hydrogen-bond acceptors (Lipinski definition) is 4. The number of nitrogens with two attached hydrogens (primary N) is 1. The van der Waals surface area contributed by atoms with Crippen LogP contribution in [0.1, 0.15) is 5.56 Å². The lowest BCUT2D eigenvalue weighted by Gasteiger charge is -2.11. The van der Waals surface area contributed by atoms with Gasteiger partial charge in [0.05, 0.1) is 19.2 Å². The van der Waals surface area contributed by atoms with Crippen molar-refractivity contribution in [3.05, 3.63) is 47.0 Å². The number of hydrogen-bond donors (Lipinski definition) is 2. The Morgan fingerprint density at radius 2 is 1.79 bits per heavy atom. The van der Waals surface area contributed by atoms with Crippen molar-refractivity contribution in [2.24, 2.45) is 10.7 Å². The third-order valence-electron chi connectivity index (χ3n) is 3.55. The minimum atomic E-state index is -2.93. The molecule has 3 N–H and O–H groups in total. The molecule has 0 spiro atoms. The van der Waals surface area contributed by atoms with E-state index in [1.54, 1.807) is 30.3 Å². The van der Waals surface area contributed by atoms with Crippen LogP contribution in [0.4, 0.5) is 14.5 Å². The molecule has 0 aromatic heterocycles. The Kier molecular flexibility index (Phi) is 10.1. The van der Waals surface area contributed by atoms with E-state index in [-0.39, 0.29) is 41.4 Å². The van der Waals surface area contributed by atoms with Crippen molar-refractivity contribution in [3.8, 4) is 17.2 Å². The van der Waals surface area contributed by atoms with Crippen LogP contribution in [0.15, 0.2) is 41.4 Å². The van der Waals surface area contributed by atoms with Crippen molar-refractivity contribution in [1.82, 2.24) is 0 Å². The molecule has 0 saturated carbocycles. The Labute approximate surface area is 184 Å². The SMILES string of the molecule is COc1ccc(NC(N)=NCCc2ccc(OC)c(OC(F)F)c2)cc1Cl.I. The summed E-state index contributed by atoms with van der Waals surface area (Å²) in [7, 11) is 2.91. The highest BCUT2D eigenvalue weighted by Gasteiger charge is 2.11. The second-order valence-electron chi connectivity index (χ2n) is 5.36. The molecule has 0 saturated heterocycles. The fraction of sp³-hybridized carbons (Fsp3) is 0.278. The molecule has 2 aromatic rings. The Morgan fingerprint density at radius 3 is 2.39 bits per heavy atom. The molecule has 0 amide bonds. The molecule has 0 atom stereocenters. The Morgan fingerprint density at radius 1 is 1.11 bits per heavy atom. The number of nitrogens with zero attached hydrogens (tertiary/aromatic N) is 1. The van der Waals surface area contributed by atoms with Crippen molar-refractivity contribution in [1.29, 1.82) is 0 Å². The molecule has 0 radical (unpaired) electrons. The van der Waals surface area contributed by atoms with Crippen LogP contribution in [-0.4, -0.2) is 33.3 Å². The maximum atomic E-state index is 12.5. The quantitative estimate of drug-likeness (QED) is 0.299. The minimum Gasteiger partial charge on any atom is -0.495 e. The summed E-state index contributed by atoms with van der Waals surface area (Å²) < 4.78 is 39.5. The van der Waals surface area contributed by atoms with E-state index in [0.717, 1.165) is 5.56 Å². The second kappa shape index (κ2) is 11.7. The van der Waals surface area contributed by atoms with Crippen LogP contribution in [0, 0.1) is 0 Å². The molecule has 0 aliphatic heterocycles. The number of aliphatic imine (C=N–C) groups is 1. The molecular formula is C18H21ClF2IN3O3. The van der Waals surface area contributed by atoms with Crippen LogP contribution in [0.5, 0.6) is 17.2 Å². The van der Waals surface area contributed by atoms with Gasteiger partial charge in [-0.2, -0.15) is 8.78 Å². The smallest absolute Gasteiger partial charge is 0.387 e. The van der Waals surface area contributed by atoms with E-state index in [1.165, 1.54) is 20.3 Å². The van der Waals surface area contributed by atoms with Gasteiger partial charge in [-0.3, -0.25) is 4.99 Å². The normalized spacial score (nSPS) is 11.0. The van der Waals surface area contributed by atoms with E-state index in [9.17, 15) is 8.78 Å². The average molecular weight is 528 g/mol. The van der Waals surface area contributed by atoms with E-state index in [2.05, 4.69) is 15.0 Å². The van der Waals surface area contributed by atoms with Crippen LogP contribution >= 0.6 is 35.6 Å². The summed E-state index contributed by atoms with van der Waals surface area (Å²) in [4.78, 5) is 4.21. The number of rotatable bonds is 8. The van der Waals surface area contributed by atoms with Gasteiger partial charge in [0.25, 0.3) is 0 Å². The van der Waals surface area contributed by atoms with Crippen LogP contribution in [0.2, 0.25) is 5.02 Å². The minimum absolute atomic E-state index is 0. The fourth-order valence-corrected chi connectivity index (χ4v) is 2.56. The largest absolute Gasteiger partial charge is 0.495 e. The molecule has 2 aromatic carbocycles. The Balaban J connectivity index is 0.00000392. The predicted molar refractivity (Wildman–Crippen MR) is 117 cm³/mol. The molecule has 0 fully saturated rings. The highest BCUT2D eigenvalue weighted by molar-refractivity contribution is 14.0. The lowest BCUT2D eigenvalue weighted by Crippen LogP contribution is -2.23. The zero-order chi connectivity index (χ0) is 19.8. The van der Waals surface area contributed by atoms with Crippen molar-refractivity contribution < 1.29 is 23.0 Å². The molecule has 6 nitrogen and oxygen atoms in total. The summed E-state index contributed by atoms with van der Waals surface area (Å²) in [6.07, 6.45) is 0.481. The highest BCUT2D eigenvalue weighted by atomic mass is 127. The molecule has 0 aliphatic rings. The van der Waals surface area contributed by atoms with Gasteiger partial charge in [0, 0.05) is 12.2 Å². The van der Waals surface area contributed by atoms with Gasteiger partial charge < -0.3 is 25.3 Å². The van der Waals surface area contributed by atoms with Crippen molar-refractivity contribution in [2.45, 2.75) is 13.0 Å². The molecule has 0 heterocycles. The summed E-state index contributed by atoms with van der Waals surface area (Å²) in [5.74, 6) is 0.973. The lowest BCUT2D eigenvalue weighted by molar-refractivity contribution is -0.0512. The molecule has 28 heavy (non-hydrogen) atoms. The first-order chi connectivity index (χ1) is 12.9. The summed E-state index contributed by atoms with van der Waals surface area (Å²) in [5.41, 5.74) is 7.28. The molecule has 10 heteroatoms. The average Bonchev–Trinajstić information content (AvgIpc) is 2.61. The number of nitrogens with one attached hydrogen (secondary N) is 1. The van der Waals surface area contributed by atoms with Gasteiger partial charge >= 0.3 is 6.61 Å². The molecule has 0 aliphatic carbocycles. The summed E-state index contributed by atoms with van der Waals surface area (Å²) in [6.45, 7) is -2.58. The summed E-state index contributed by atoms with van der Waals surface area (Å²) in [5, 5.41) is 3.36. The van der Waals surface area contributed by atoms with Crippen molar-refractivity contribution >= 4 is 47.2 Å². The number of anilines is 1. The van der Waals surface area contributed by atoms with Gasteiger partial charge in [-0.1, -0.05) is 17.7 Å². The van der Waals surface area contributed by atoms with Crippen LogP contribution < -0.4 is 25.3 Å². The number of benzene rings is 2. The lowest BCUT2D eigenvalue weighted by atomic mass is 10.1. The predicted octanol–water partition coefficient (Wildman–Crippen LogP) is 4.55. The molecular weight excluding hydrogens is 507 g/mol. The summed E-state index contributed by atoms with van der Waals surface area (Å²) >= 11 is 6.05. The number of alkyl halides is 2. The molecule has 0 unspecified atom stereocenters. The maximum Gasteiger partial charge on any atom is 0.387 e. The van der Waals surface area contributed by atoms with Gasteiger partial charge in [-0.25, -0.2) is 0 Å². The van der Waals surface area contributed by atoms with E-state index < -0.39 is 6.61 Å². The van der Waals surface area contributed by atoms with Crippen LogP contribution in [-0.2, 0) is 6.42 Å².